The summed E-state index contributed by atoms with van der Waals surface area (Å²) in [6.07, 6.45) is 3.82. The summed E-state index contributed by atoms with van der Waals surface area (Å²) in [7, 11) is 0. The minimum Gasteiger partial charge on any atom is -0.467 e. The summed E-state index contributed by atoms with van der Waals surface area (Å²) in [5, 5.41) is 5.56. The van der Waals surface area contributed by atoms with Crippen molar-refractivity contribution >= 4 is 23.3 Å². The van der Waals surface area contributed by atoms with E-state index in [1.807, 2.05) is 24.3 Å². The van der Waals surface area contributed by atoms with Crippen molar-refractivity contribution in [1.29, 1.82) is 0 Å². The van der Waals surface area contributed by atoms with Gasteiger partial charge in [-0.2, -0.15) is 0 Å². The first-order chi connectivity index (χ1) is 12.7. The lowest BCUT2D eigenvalue weighted by atomic mass is 10.2. The van der Waals surface area contributed by atoms with Crippen LogP contribution in [0.4, 0.5) is 16.2 Å². The largest absolute Gasteiger partial charge is 0.467 e. The maximum absolute atomic E-state index is 11.9. The fourth-order valence-corrected chi connectivity index (χ4v) is 2.76. The number of benzene rings is 1. The number of furan rings is 1. The van der Waals surface area contributed by atoms with E-state index in [0.717, 1.165) is 24.4 Å². The molecule has 3 rings (SSSR count). The van der Waals surface area contributed by atoms with E-state index in [2.05, 4.69) is 10.6 Å². The first-order valence-electron chi connectivity index (χ1n) is 8.78. The number of amides is 3. The summed E-state index contributed by atoms with van der Waals surface area (Å²) in [4.78, 5) is 25.4. The van der Waals surface area contributed by atoms with Crippen LogP contribution in [-0.2, 0) is 16.1 Å². The molecule has 2 heterocycles. The summed E-state index contributed by atoms with van der Waals surface area (Å²) in [6.45, 7) is 2.25. The molecule has 0 atom stereocenters. The van der Waals surface area contributed by atoms with Crippen LogP contribution in [0.1, 0.15) is 25.0 Å². The third-order valence-corrected chi connectivity index (χ3v) is 4.09. The van der Waals surface area contributed by atoms with Crippen molar-refractivity contribution in [2.24, 2.45) is 0 Å². The van der Waals surface area contributed by atoms with E-state index in [1.54, 1.807) is 23.3 Å². The first-order valence-corrected chi connectivity index (χ1v) is 8.78. The number of urea groups is 1. The highest BCUT2D eigenvalue weighted by molar-refractivity contribution is 5.96. The summed E-state index contributed by atoms with van der Waals surface area (Å²) in [5.74, 6) is 0.937. The zero-order chi connectivity index (χ0) is 18.2. The Morgan fingerprint density at radius 1 is 1.23 bits per heavy atom. The number of carbonyl (C=O) groups is 2. The van der Waals surface area contributed by atoms with Gasteiger partial charge in [0.1, 0.15) is 12.4 Å². The second-order valence-electron chi connectivity index (χ2n) is 6.06. The molecule has 2 aromatic rings. The lowest BCUT2D eigenvalue weighted by Crippen LogP contribution is -2.30. The van der Waals surface area contributed by atoms with Gasteiger partial charge in [-0.1, -0.05) is 0 Å². The molecule has 7 heteroatoms. The minimum absolute atomic E-state index is 0.151. The van der Waals surface area contributed by atoms with Crippen LogP contribution in [0.15, 0.2) is 47.1 Å². The Labute approximate surface area is 152 Å². The summed E-state index contributed by atoms with van der Waals surface area (Å²) < 4.78 is 10.6. The van der Waals surface area contributed by atoms with Crippen molar-refractivity contribution in [3.63, 3.8) is 0 Å². The molecular weight excluding hydrogens is 334 g/mol. The maximum Gasteiger partial charge on any atom is 0.319 e. The minimum atomic E-state index is -0.263. The first kappa shape index (κ1) is 18.0. The predicted molar refractivity (Wildman–Crippen MR) is 98.0 cm³/mol. The third kappa shape index (κ3) is 5.10. The quantitative estimate of drug-likeness (QED) is 0.711. The fourth-order valence-electron chi connectivity index (χ4n) is 2.76. The van der Waals surface area contributed by atoms with Gasteiger partial charge in [-0.15, -0.1) is 0 Å². The summed E-state index contributed by atoms with van der Waals surface area (Å²) in [6, 6.07) is 10.7. The number of nitrogens with zero attached hydrogens (tertiary/aromatic N) is 1. The molecule has 0 unspecified atom stereocenters. The van der Waals surface area contributed by atoms with Gasteiger partial charge in [0.25, 0.3) is 0 Å². The van der Waals surface area contributed by atoms with Crippen LogP contribution in [0.2, 0.25) is 0 Å². The molecule has 1 aromatic carbocycles. The van der Waals surface area contributed by atoms with E-state index in [4.69, 9.17) is 9.15 Å². The number of hydrogen-bond acceptors (Lipinski definition) is 4. The number of hydrogen-bond donors (Lipinski definition) is 2. The Hall–Kier alpha value is -2.80. The van der Waals surface area contributed by atoms with E-state index in [0.29, 0.717) is 38.3 Å². The Kier molecular flexibility index (Phi) is 6.27. The van der Waals surface area contributed by atoms with E-state index in [9.17, 15) is 9.59 Å². The van der Waals surface area contributed by atoms with Gasteiger partial charge in [-0.05, 0) is 49.2 Å². The van der Waals surface area contributed by atoms with Crippen LogP contribution in [-0.4, -0.2) is 31.6 Å². The van der Waals surface area contributed by atoms with Gasteiger partial charge in [0.05, 0.1) is 6.26 Å². The third-order valence-electron chi connectivity index (χ3n) is 4.09. The number of rotatable bonds is 8. The Bertz CT molecular complexity index is 713. The highest BCUT2D eigenvalue weighted by Crippen LogP contribution is 2.22. The molecule has 1 aliphatic rings. The average molecular weight is 357 g/mol. The van der Waals surface area contributed by atoms with Gasteiger partial charge >= 0.3 is 6.03 Å². The van der Waals surface area contributed by atoms with Crippen LogP contribution < -0.4 is 15.5 Å². The highest BCUT2D eigenvalue weighted by atomic mass is 16.5. The van der Waals surface area contributed by atoms with Crippen LogP contribution in [0.3, 0.4) is 0 Å². The molecule has 1 fully saturated rings. The molecule has 0 bridgehead atoms. The zero-order valence-corrected chi connectivity index (χ0v) is 14.6. The average Bonchev–Trinajstić information content (AvgIpc) is 3.30. The Morgan fingerprint density at radius 2 is 2.08 bits per heavy atom. The number of carbonyl (C=O) groups excluding carboxylic acids is 2. The molecule has 7 nitrogen and oxygen atoms in total. The van der Waals surface area contributed by atoms with Gasteiger partial charge in [-0.25, -0.2) is 4.79 Å². The van der Waals surface area contributed by atoms with Crippen LogP contribution >= 0.6 is 0 Å². The predicted octanol–water partition coefficient (Wildman–Crippen LogP) is 3.13. The molecule has 3 amide bonds. The van der Waals surface area contributed by atoms with Crippen LogP contribution in [0.5, 0.6) is 0 Å². The molecule has 26 heavy (non-hydrogen) atoms. The smallest absolute Gasteiger partial charge is 0.319 e. The maximum atomic E-state index is 11.9. The fraction of sp³-hybridized carbons (Fsp3) is 0.368. The molecule has 1 aliphatic heterocycles. The molecule has 138 valence electrons. The van der Waals surface area contributed by atoms with Crippen molar-refractivity contribution in [2.75, 3.05) is 29.9 Å². The Balaban J connectivity index is 1.32. The van der Waals surface area contributed by atoms with Crippen molar-refractivity contribution < 1.29 is 18.7 Å². The standard InChI is InChI=1S/C19H23N3O4/c23-18-5-1-11-22(18)16-8-6-15(7-9-16)21-19(24)20-10-3-12-25-14-17-4-2-13-26-17/h2,4,6-9,13H,1,3,5,10-12,14H2,(H2,20,21,24). The molecule has 1 aromatic heterocycles. The summed E-state index contributed by atoms with van der Waals surface area (Å²) >= 11 is 0. The summed E-state index contributed by atoms with van der Waals surface area (Å²) in [5.41, 5.74) is 1.55. The number of anilines is 2. The normalized spacial score (nSPS) is 13.8. The lowest BCUT2D eigenvalue weighted by Gasteiger charge is -2.16. The van der Waals surface area contributed by atoms with Gasteiger partial charge in [0.2, 0.25) is 5.91 Å². The molecule has 0 spiro atoms. The van der Waals surface area contributed by atoms with Gasteiger partial charge in [0, 0.05) is 37.5 Å². The van der Waals surface area contributed by atoms with Gasteiger partial charge in [-0.3, -0.25) is 4.79 Å². The van der Waals surface area contributed by atoms with Crippen molar-refractivity contribution in [3.8, 4) is 0 Å². The molecule has 0 saturated carbocycles. The SMILES string of the molecule is O=C(NCCCOCc1ccco1)Nc1ccc(N2CCCC2=O)cc1. The van der Waals surface area contributed by atoms with Gasteiger partial charge < -0.3 is 24.7 Å². The van der Waals surface area contributed by atoms with Crippen molar-refractivity contribution in [3.05, 3.63) is 48.4 Å². The lowest BCUT2D eigenvalue weighted by molar-refractivity contribution is -0.117. The second kappa shape index (κ2) is 9.05. The van der Waals surface area contributed by atoms with Crippen LogP contribution in [0.25, 0.3) is 0 Å². The van der Waals surface area contributed by atoms with E-state index in [-0.39, 0.29) is 11.9 Å². The van der Waals surface area contributed by atoms with Gasteiger partial charge in [0.15, 0.2) is 0 Å². The van der Waals surface area contributed by atoms with E-state index < -0.39 is 0 Å². The topological polar surface area (TPSA) is 83.8 Å². The monoisotopic (exact) mass is 357 g/mol. The van der Waals surface area contributed by atoms with E-state index >= 15 is 0 Å². The molecule has 1 saturated heterocycles. The molecule has 0 radical (unpaired) electrons. The van der Waals surface area contributed by atoms with Crippen molar-refractivity contribution in [2.45, 2.75) is 25.9 Å². The molecule has 2 N–H and O–H groups in total. The highest BCUT2D eigenvalue weighted by Gasteiger charge is 2.21. The van der Waals surface area contributed by atoms with Crippen LogP contribution in [0, 0.1) is 0 Å². The number of nitrogens with one attached hydrogen (secondary N) is 2. The molecule has 0 aliphatic carbocycles. The Morgan fingerprint density at radius 3 is 2.77 bits per heavy atom. The van der Waals surface area contributed by atoms with Crippen molar-refractivity contribution in [1.82, 2.24) is 5.32 Å². The zero-order valence-electron chi connectivity index (χ0n) is 14.6. The second-order valence-corrected chi connectivity index (χ2v) is 6.06. The number of ether oxygens (including phenoxy) is 1. The molecular formula is C19H23N3O4. The van der Waals surface area contributed by atoms with E-state index in [1.165, 1.54) is 0 Å².